The third-order valence-electron chi connectivity index (χ3n) is 4.31. The van der Waals surface area contributed by atoms with Gasteiger partial charge in [-0.05, 0) is 83.2 Å². The van der Waals surface area contributed by atoms with E-state index in [4.69, 9.17) is 0 Å². The highest BCUT2D eigenvalue weighted by Crippen LogP contribution is 2.20. The van der Waals surface area contributed by atoms with Crippen LogP contribution in [0, 0.1) is 17.3 Å². The second kappa shape index (κ2) is 26.5. The van der Waals surface area contributed by atoms with Gasteiger partial charge in [0.1, 0.15) is 0 Å². The van der Waals surface area contributed by atoms with E-state index in [-0.39, 0.29) is 5.41 Å². The maximum atomic E-state index is 4.25. The first kappa shape index (κ1) is 34.1. The van der Waals surface area contributed by atoms with Gasteiger partial charge < -0.3 is 0 Å². The Hall–Kier alpha value is 2.45. The minimum atomic E-state index is 0.218. The molecular weight excluding hydrogens is 465 g/mol. The van der Waals surface area contributed by atoms with Crippen LogP contribution in [0.15, 0.2) is 0 Å². The van der Waals surface area contributed by atoms with E-state index in [0.717, 1.165) is 52.1 Å². The lowest BCUT2D eigenvalue weighted by atomic mass is 10.00. The predicted molar refractivity (Wildman–Crippen MR) is 156 cm³/mol. The highest BCUT2D eigenvalue weighted by Gasteiger charge is 2.17. The Kier molecular flexibility index (Phi) is 33.4. The second-order valence-corrected chi connectivity index (χ2v) is 10.3. The minimum Gasteiger partial charge on any atom is -0.179 e. The fraction of sp³-hybridized carbons (Fsp3) is 1.00. The van der Waals surface area contributed by atoms with Gasteiger partial charge in [-0.25, -0.2) is 0 Å². The van der Waals surface area contributed by atoms with Crippen molar-refractivity contribution >= 4 is 88.4 Å². The summed E-state index contributed by atoms with van der Waals surface area (Å²) < 4.78 is 0. The number of unbranched alkanes of at least 4 members (excludes halogenated alkanes) is 3. The van der Waals surface area contributed by atoms with E-state index in [9.17, 15) is 0 Å². The third-order valence-corrected chi connectivity index (χ3v) is 8.05. The molecule has 0 aromatic carbocycles. The maximum absolute atomic E-state index is 4.25. The normalized spacial score (nSPS) is 12.1. The van der Waals surface area contributed by atoms with E-state index in [1.54, 1.807) is 0 Å². The van der Waals surface area contributed by atoms with E-state index in [2.05, 4.69) is 109 Å². The summed E-state index contributed by atoms with van der Waals surface area (Å²) in [5.41, 5.74) is 0.218. The molecule has 0 N–H and O–H groups in total. The molecule has 0 fully saturated rings. The van der Waals surface area contributed by atoms with E-state index >= 15 is 0 Å². The number of rotatable bonds is 14. The molecule has 0 saturated carbocycles. The molecule has 7 heteroatoms. The van der Waals surface area contributed by atoms with Gasteiger partial charge in [0.25, 0.3) is 0 Å². The molecule has 0 aliphatic heterocycles. The molecule has 0 aromatic rings. The lowest BCUT2D eigenvalue weighted by Gasteiger charge is -2.21. The molecule has 0 saturated heterocycles. The summed E-state index contributed by atoms with van der Waals surface area (Å²) >= 11 is 29.2. The fourth-order valence-electron chi connectivity index (χ4n) is 1.78. The largest absolute Gasteiger partial charge is 0.179 e. The number of thiol groups is 7. The van der Waals surface area contributed by atoms with Crippen molar-refractivity contribution in [2.24, 2.45) is 17.3 Å². The van der Waals surface area contributed by atoms with Gasteiger partial charge in [-0.2, -0.15) is 88.4 Å². The van der Waals surface area contributed by atoms with Gasteiger partial charge in [0.15, 0.2) is 0 Å². The molecule has 0 aliphatic carbocycles. The first-order chi connectivity index (χ1) is 12.8. The third kappa shape index (κ3) is 28.4. The Morgan fingerprint density at radius 2 is 1.00 bits per heavy atom. The SMILES string of the molecule is CC(CCS)CCS.CC(CS)(CS)CS.CC(CS)CCCCCCS. The van der Waals surface area contributed by atoms with Crippen LogP contribution in [-0.2, 0) is 0 Å². The second-order valence-electron chi connectivity index (χ2n) is 7.63. The van der Waals surface area contributed by atoms with Crippen LogP contribution in [0.25, 0.3) is 0 Å². The summed E-state index contributed by atoms with van der Waals surface area (Å²) in [6.45, 7) is 6.64. The standard InChI is InChI=1S/C9H20S2.C6H14S2.C5H12S3/c1-9(8-11)6-4-2-3-5-7-10;1-6(2-4-7)3-5-8;1-5(2-6,3-7)4-8/h9-11H,2-8H2,1H3;6-8H,2-5H2,1H3;6-8H,2-4H2,1H3. The van der Waals surface area contributed by atoms with E-state index in [1.165, 1.54) is 44.9 Å². The topological polar surface area (TPSA) is 0 Å². The molecule has 0 rings (SSSR count). The summed E-state index contributed by atoms with van der Waals surface area (Å²) in [5, 5.41) is 0. The summed E-state index contributed by atoms with van der Waals surface area (Å²) in [5.74, 6) is 8.29. The highest BCUT2D eigenvalue weighted by atomic mass is 32.1. The van der Waals surface area contributed by atoms with Crippen molar-refractivity contribution in [1.29, 1.82) is 0 Å². The Labute approximate surface area is 210 Å². The molecule has 0 aliphatic rings. The molecule has 0 heterocycles. The molecule has 0 bridgehead atoms. The zero-order valence-electron chi connectivity index (χ0n) is 17.7. The van der Waals surface area contributed by atoms with Gasteiger partial charge in [-0.3, -0.25) is 0 Å². The average Bonchev–Trinajstić information content (AvgIpc) is 2.68. The van der Waals surface area contributed by atoms with Crippen molar-refractivity contribution in [2.75, 3.05) is 40.3 Å². The van der Waals surface area contributed by atoms with Gasteiger partial charge in [-0.1, -0.05) is 40.0 Å². The molecule has 27 heavy (non-hydrogen) atoms. The minimum absolute atomic E-state index is 0.218. The first-order valence-corrected chi connectivity index (χ1v) is 14.5. The summed E-state index contributed by atoms with van der Waals surface area (Å²) in [7, 11) is 0. The quantitative estimate of drug-likeness (QED) is 0.0914. The predicted octanol–water partition coefficient (Wildman–Crippen LogP) is 7.48. The summed E-state index contributed by atoms with van der Waals surface area (Å²) in [4.78, 5) is 0. The molecule has 168 valence electrons. The number of hydrogen-bond donors (Lipinski definition) is 7. The van der Waals surface area contributed by atoms with Crippen molar-refractivity contribution < 1.29 is 0 Å². The number of hydrogen-bond acceptors (Lipinski definition) is 7. The molecule has 0 spiro atoms. The highest BCUT2D eigenvalue weighted by molar-refractivity contribution is 7.82. The van der Waals surface area contributed by atoms with Crippen molar-refractivity contribution in [2.45, 2.75) is 65.7 Å². The van der Waals surface area contributed by atoms with Crippen LogP contribution in [0.3, 0.4) is 0 Å². The lowest BCUT2D eigenvalue weighted by molar-refractivity contribution is 0.508. The Balaban J connectivity index is -0.000000327. The maximum Gasteiger partial charge on any atom is -0.00282 e. The van der Waals surface area contributed by atoms with Crippen LogP contribution in [0.5, 0.6) is 0 Å². The molecule has 0 radical (unpaired) electrons. The molecule has 0 aromatic heterocycles. The van der Waals surface area contributed by atoms with Gasteiger partial charge >= 0.3 is 0 Å². The van der Waals surface area contributed by atoms with Crippen LogP contribution in [0.4, 0.5) is 0 Å². The van der Waals surface area contributed by atoms with Crippen LogP contribution >= 0.6 is 88.4 Å². The van der Waals surface area contributed by atoms with E-state index in [1.807, 2.05) is 0 Å². The zero-order valence-corrected chi connectivity index (χ0v) is 23.9. The van der Waals surface area contributed by atoms with Gasteiger partial charge in [0.05, 0.1) is 0 Å². The monoisotopic (exact) mass is 510 g/mol. The van der Waals surface area contributed by atoms with Crippen molar-refractivity contribution in [3.63, 3.8) is 0 Å². The Bertz CT molecular complexity index is 246. The van der Waals surface area contributed by atoms with Crippen LogP contribution in [-0.4, -0.2) is 40.3 Å². The Morgan fingerprint density at radius 1 is 0.556 bits per heavy atom. The van der Waals surface area contributed by atoms with E-state index in [0.29, 0.717) is 0 Å². The molecule has 0 amide bonds. The van der Waals surface area contributed by atoms with Crippen molar-refractivity contribution in [3.8, 4) is 0 Å². The van der Waals surface area contributed by atoms with E-state index < -0.39 is 0 Å². The zero-order chi connectivity index (χ0) is 21.6. The average molecular weight is 511 g/mol. The van der Waals surface area contributed by atoms with Gasteiger partial charge in [0, 0.05) is 0 Å². The van der Waals surface area contributed by atoms with Crippen molar-refractivity contribution in [3.05, 3.63) is 0 Å². The van der Waals surface area contributed by atoms with Crippen LogP contribution in [0.1, 0.15) is 65.7 Å². The molecule has 0 nitrogen and oxygen atoms in total. The molecule has 1 atom stereocenters. The van der Waals surface area contributed by atoms with Crippen LogP contribution in [0.2, 0.25) is 0 Å². The summed E-state index contributed by atoms with van der Waals surface area (Å²) in [6.07, 6.45) is 9.17. The summed E-state index contributed by atoms with van der Waals surface area (Å²) in [6, 6.07) is 0. The fourth-order valence-corrected chi connectivity index (χ4v) is 4.27. The Morgan fingerprint density at radius 3 is 1.30 bits per heavy atom. The van der Waals surface area contributed by atoms with Crippen LogP contribution < -0.4 is 0 Å². The van der Waals surface area contributed by atoms with Gasteiger partial charge in [0.2, 0.25) is 0 Å². The lowest BCUT2D eigenvalue weighted by Crippen LogP contribution is -2.22. The van der Waals surface area contributed by atoms with Crippen molar-refractivity contribution in [1.82, 2.24) is 0 Å². The molecular formula is C20H46S7. The van der Waals surface area contributed by atoms with Gasteiger partial charge in [-0.15, -0.1) is 0 Å². The molecule has 1 unspecified atom stereocenters. The first-order valence-electron chi connectivity index (χ1n) is 10.1. The smallest absolute Gasteiger partial charge is 0.00282 e.